The molecule has 0 radical (unpaired) electrons. The summed E-state index contributed by atoms with van der Waals surface area (Å²) in [6, 6.07) is 4.65. The van der Waals surface area contributed by atoms with Gasteiger partial charge in [-0.1, -0.05) is 6.07 Å². The van der Waals surface area contributed by atoms with E-state index in [4.69, 9.17) is 5.73 Å². The van der Waals surface area contributed by atoms with E-state index in [1.165, 1.54) is 12.1 Å². The van der Waals surface area contributed by atoms with Crippen LogP contribution < -0.4 is 5.73 Å². The Morgan fingerprint density at radius 2 is 2.09 bits per heavy atom. The number of rotatable bonds is 1. The maximum atomic E-state index is 12.6. The van der Waals surface area contributed by atoms with Crippen LogP contribution in [0, 0.1) is 12.7 Å². The molecule has 2 heteroatoms. The zero-order chi connectivity index (χ0) is 8.43. The first kappa shape index (κ1) is 8.21. The predicted octanol–water partition coefficient (Wildman–Crippen LogP) is 2.15. The lowest BCUT2D eigenvalue weighted by molar-refractivity contribution is 0.624. The molecule has 1 rings (SSSR count). The maximum Gasteiger partial charge on any atom is 0.123 e. The fraction of sp³-hybridized carbons (Fsp3) is 0.333. The Morgan fingerprint density at radius 3 is 2.55 bits per heavy atom. The van der Waals surface area contributed by atoms with Crippen molar-refractivity contribution < 1.29 is 4.39 Å². The van der Waals surface area contributed by atoms with E-state index in [1.54, 1.807) is 6.07 Å². The molecule has 0 spiro atoms. The molecule has 1 aromatic carbocycles. The molecule has 0 aliphatic heterocycles. The zero-order valence-corrected chi connectivity index (χ0v) is 6.76. The SMILES string of the molecule is Cc1cc(F)ccc1[C@H](C)N. The van der Waals surface area contributed by atoms with Crippen LogP contribution in [0.5, 0.6) is 0 Å². The summed E-state index contributed by atoms with van der Waals surface area (Å²) in [7, 11) is 0. The van der Waals surface area contributed by atoms with Gasteiger partial charge in [0.1, 0.15) is 5.82 Å². The van der Waals surface area contributed by atoms with Crippen molar-refractivity contribution in [2.24, 2.45) is 5.73 Å². The molecule has 0 saturated carbocycles. The van der Waals surface area contributed by atoms with Gasteiger partial charge in [-0.3, -0.25) is 0 Å². The molecule has 0 heterocycles. The molecular formula is C9H12FN. The normalized spacial score (nSPS) is 13.1. The van der Waals surface area contributed by atoms with Gasteiger partial charge in [-0.05, 0) is 37.1 Å². The summed E-state index contributed by atoms with van der Waals surface area (Å²) in [6.45, 7) is 3.75. The number of hydrogen-bond donors (Lipinski definition) is 1. The molecule has 0 unspecified atom stereocenters. The monoisotopic (exact) mass is 153 g/mol. The van der Waals surface area contributed by atoms with Crippen molar-refractivity contribution >= 4 is 0 Å². The Bertz CT molecular complexity index is 256. The van der Waals surface area contributed by atoms with Gasteiger partial charge in [0.2, 0.25) is 0 Å². The van der Waals surface area contributed by atoms with Gasteiger partial charge in [0.15, 0.2) is 0 Å². The lowest BCUT2D eigenvalue weighted by Crippen LogP contribution is -2.06. The number of nitrogens with two attached hydrogens (primary N) is 1. The van der Waals surface area contributed by atoms with Gasteiger partial charge in [0.05, 0.1) is 0 Å². The van der Waals surface area contributed by atoms with Crippen LogP contribution in [0.1, 0.15) is 24.1 Å². The highest BCUT2D eigenvalue weighted by Gasteiger charge is 2.02. The largest absolute Gasteiger partial charge is 0.324 e. The van der Waals surface area contributed by atoms with Crippen LogP contribution in [0.2, 0.25) is 0 Å². The second-order valence-corrected chi connectivity index (χ2v) is 2.79. The minimum absolute atomic E-state index is 0.0180. The van der Waals surface area contributed by atoms with Crippen LogP contribution in [0.4, 0.5) is 4.39 Å². The molecule has 0 saturated heterocycles. The Morgan fingerprint density at radius 1 is 1.45 bits per heavy atom. The van der Waals surface area contributed by atoms with E-state index < -0.39 is 0 Å². The summed E-state index contributed by atoms with van der Waals surface area (Å²) in [5.74, 6) is -0.202. The van der Waals surface area contributed by atoms with Crippen molar-refractivity contribution in [3.8, 4) is 0 Å². The van der Waals surface area contributed by atoms with Gasteiger partial charge in [0, 0.05) is 6.04 Å². The first-order chi connectivity index (χ1) is 5.11. The van der Waals surface area contributed by atoms with E-state index in [2.05, 4.69) is 0 Å². The quantitative estimate of drug-likeness (QED) is 0.657. The highest BCUT2D eigenvalue weighted by Crippen LogP contribution is 2.15. The van der Waals surface area contributed by atoms with E-state index in [1.807, 2.05) is 13.8 Å². The van der Waals surface area contributed by atoms with Crippen molar-refractivity contribution in [3.05, 3.63) is 35.1 Å². The molecule has 60 valence electrons. The summed E-state index contributed by atoms with van der Waals surface area (Å²) >= 11 is 0. The molecule has 1 atom stereocenters. The van der Waals surface area contributed by atoms with Crippen LogP contribution in [0.15, 0.2) is 18.2 Å². The van der Waals surface area contributed by atoms with Gasteiger partial charge in [-0.2, -0.15) is 0 Å². The van der Waals surface area contributed by atoms with Crippen molar-refractivity contribution in [1.29, 1.82) is 0 Å². The van der Waals surface area contributed by atoms with Gasteiger partial charge < -0.3 is 5.73 Å². The standard InChI is InChI=1S/C9H12FN/c1-6-5-8(10)3-4-9(6)7(2)11/h3-5,7H,11H2,1-2H3/t7-/m0/s1. The predicted molar refractivity (Wildman–Crippen MR) is 43.7 cm³/mol. The number of halogens is 1. The topological polar surface area (TPSA) is 26.0 Å². The molecular weight excluding hydrogens is 141 g/mol. The smallest absolute Gasteiger partial charge is 0.123 e. The zero-order valence-electron chi connectivity index (χ0n) is 6.76. The van der Waals surface area contributed by atoms with Crippen LogP contribution in [0.25, 0.3) is 0 Å². The molecule has 0 fully saturated rings. The third-order valence-corrected chi connectivity index (χ3v) is 1.72. The van der Waals surface area contributed by atoms with E-state index >= 15 is 0 Å². The Labute approximate surface area is 66.0 Å². The van der Waals surface area contributed by atoms with E-state index in [0.717, 1.165) is 11.1 Å². The van der Waals surface area contributed by atoms with Crippen molar-refractivity contribution in [2.45, 2.75) is 19.9 Å². The second-order valence-electron chi connectivity index (χ2n) is 2.79. The fourth-order valence-corrected chi connectivity index (χ4v) is 1.15. The summed E-state index contributed by atoms with van der Waals surface area (Å²) in [5, 5.41) is 0. The molecule has 0 aromatic heterocycles. The Kier molecular flexibility index (Phi) is 2.25. The summed E-state index contributed by atoms with van der Waals surface area (Å²) in [6.07, 6.45) is 0. The summed E-state index contributed by atoms with van der Waals surface area (Å²) in [5.41, 5.74) is 7.56. The molecule has 0 aliphatic rings. The number of aryl methyl sites for hydroxylation is 1. The van der Waals surface area contributed by atoms with E-state index in [0.29, 0.717) is 0 Å². The number of hydrogen-bond acceptors (Lipinski definition) is 1. The minimum Gasteiger partial charge on any atom is -0.324 e. The van der Waals surface area contributed by atoms with Crippen LogP contribution in [0.3, 0.4) is 0 Å². The van der Waals surface area contributed by atoms with Crippen molar-refractivity contribution in [1.82, 2.24) is 0 Å². The molecule has 0 amide bonds. The Hall–Kier alpha value is -0.890. The molecule has 1 aromatic rings. The van der Waals surface area contributed by atoms with Crippen LogP contribution >= 0.6 is 0 Å². The van der Waals surface area contributed by atoms with Crippen molar-refractivity contribution in [3.63, 3.8) is 0 Å². The highest BCUT2D eigenvalue weighted by molar-refractivity contribution is 5.28. The molecule has 2 N–H and O–H groups in total. The summed E-state index contributed by atoms with van der Waals surface area (Å²) in [4.78, 5) is 0. The van der Waals surface area contributed by atoms with Crippen LogP contribution in [-0.4, -0.2) is 0 Å². The molecule has 1 nitrogen and oxygen atoms in total. The third-order valence-electron chi connectivity index (χ3n) is 1.72. The average molecular weight is 153 g/mol. The molecule has 11 heavy (non-hydrogen) atoms. The van der Waals surface area contributed by atoms with E-state index in [-0.39, 0.29) is 11.9 Å². The van der Waals surface area contributed by atoms with Crippen LogP contribution in [-0.2, 0) is 0 Å². The minimum atomic E-state index is -0.202. The van der Waals surface area contributed by atoms with E-state index in [9.17, 15) is 4.39 Å². The van der Waals surface area contributed by atoms with Gasteiger partial charge in [-0.15, -0.1) is 0 Å². The number of benzene rings is 1. The van der Waals surface area contributed by atoms with Gasteiger partial charge in [0.25, 0.3) is 0 Å². The average Bonchev–Trinajstić information content (AvgIpc) is 1.85. The molecule has 0 aliphatic carbocycles. The third kappa shape index (κ3) is 1.77. The van der Waals surface area contributed by atoms with Crippen molar-refractivity contribution in [2.75, 3.05) is 0 Å². The maximum absolute atomic E-state index is 12.6. The first-order valence-corrected chi connectivity index (χ1v) is 3.63. The highest BCUT2D eigenvalue weighted by atomic mass is 19.1. The fourth-order valence-electron chi connectivity index (χ4n) is 1.15. The first-order valence-electron chi connectivity index (χ1n) is 3.63. The summed E-state index contributed by atoms with van der Waals surface area (Å²) < 4.78 is 12.6. The Balaban J connectivity index is 3.09. The van der Waals surface area contributed by atoms with Gasteiger partial charge in [-0.25, -0.2) is 4.39 Å². The lowest BCUT2D eigenvalue weighted by Gasteiger charge is -2.08. The second kappa shape index (κ2) is 3.01. The van der Waals surface area contributed by atoms with Gasteiger partial charge >= 0.3 is 0 Å². The lowest BCUT2D eigenvalue weighted by atomic mass is 10.0. The molecule has 0 bridgehead atoms.